The third kappa shape index (κ3) is 2.95. The summed E-state index contributed by atoms with van der Waals surface area (Å²) >= 11 is 0. The number of ether oxygens (including phenoxy) is 2. The molecule has 1 saturated heterocycles. The van der Waals surface area contributed by atoms with E-state index in [0.29, 0.717) is 18.2 Å². The largest absolute Gasteiger partial charge is 0.497 e. The van der Waals surface area contributed by atoms with E-state index in [0.717, 1.165) is 43.0 Å². The average molecular weight is 302 g/mol. The van der Waals surface area contributed by atoms with Gasteiger partial charge in [-0.25, -0.2) is 0 Å². The molecule has 118 valence electrons. The number of hydrogen-bond donors (Lipinski definition) is 1. The fourth-order valence-corrected chi connectivity index (χ4v) is 2.99. The van der Waals surface area contributed by atoms with Crippen molar-refractivity contribution in [1.82, 2.24) is 10.2 Å². The molecule has 1 fully saturated rings. The zero-order valence-corrected chi connectivity index (χ0v) is 13.1. The number of nitrogens with one attached hydrogen (secondary N) is 1. The number of methoxy groups -OCH3 is 1. The highest BCUT2D eigenvalue weighted by molar-refractivity contribution is 5.99. The molecule has 0 aliphatic carbocycles. The number of carbonyl (C=O) groups excluding carboxylic acids is 1. The van der Waals surface area contributed by atoms with Crippen molar-refractivity contribution in [1.29, 1.82) is 0 Å². The van der Waals surface area contributed by atoms with Gasteiger partial charge in [-0.15, -0.1) is 0 Å². The summed E-state index contributed by atoms with van der Waals surface area (Å²) in [6, 6.07) is 5.94. The van der Waals surface area contributed by atoms with Crippen LogP contribution in [0.2, 0.25) is 0 Å². The van der Waals surface area contributed by atoms with Gasteiger partial charge in [0, 0.05) is 18.7 Å². The van der Waals surface area contributed by atoms with Crippen LogP contribution in [0, 0.1) is 0 Å². The summed E-state index contributed by atoms with van der Waals surface area (Å²) in [5.74, 6) is 1.61. The first kappa shape index (κ1) is 14.9. The third-order valence-corrected chi connectivity index (χ3v) is 4.38. The van der Waals surface area contributed by atoms with Gasteiger partial charge in [-0.1, -0.05) is 0 Å². The lowest BCUT2D eigenvalue weighted by Gasteiger charge is -2.32. The zero-order valence-electron chi connectivity index (χ0n) is 13.1. The number of benzene rings is 1. The second kappa shape index (κ2) is 6.40. The van der Waals surface area contributed by atoms with E-state index in [4.69, 9.17) is 9.47 Å². The number of rotatable bonds is 3. The maximum Gasteiger partial charge on any atom is 0.253 e. The van der Waals surface area contributed by atoms with Crippen LogP contribution in [-0.2, 0) is 4.79 Å². The van der Waals surface area contributed by atoms with Gasteiger partial charge in [-0.05, 0) is 50.2 Å². The van der Waals surface area contributed by atoms with Crippen molar-refractivity contribution >= 4 is 12.0 Å². The molecule has 2 aliphatic heterocycles. The van der Waals surface area contributed by atoms with Crippen molar-refractivity contribution < 1.29 is 14.3 Å². The van der Waals surface area contributed by atoms with Crippen molar-refractivity contribution in [3.63, 3.8) is 0 Å². The molecule has 0 bridgehead atoms. The number of amides is 1. The van der Waals surface area contributed by atoms with Crippen LogP contribution in [0.15, 0.2) is 23.8 Å². The Kier molecular flexibility index (Phi) is 4.34. The number of nitrogens with zero attached hydrogens (tertiary/aromatic N) is 1. The minimum Gasteiger partial charge on any atom is -0.497 e. The molecule has 2 heterocycles. The molecule has 1 N–H and O–H groups in total. The lowest BCUT2D eigenvalue weighted by molar-refractivity contribution is -0.128. The molecule has 5 nitrogen and oxygen atoms in total. The van der Waals surface area contributed by atoms with Crippen molar-refractivity contribution in [3.8, 4) is 11.5 Å². The second-order valence-electron chi connectivity index (χ2n) is 5.76. The van der Waals surface area contributed by atoms with E-state index in [1.807, 2.05) is 36.2 Å². The van der Waals surface area contributed by atoms with Crippen LogP contribution in [0.4, 0.5) is 0 Å². The minimum absolute atomic E-state index is 0.0559. The van der Waals surface area contributed by atoms with E-state index in [1.54, 1.807) is 7.11 Å². The van der Waals surface area contributed by atoms with Crippen molar-refractivity contribution in [3.05, 3.63) is 29.3 Å². The summed E-state index contributed by atoms with van der Waals surface area (Å²) in [5, 5.41) is 3.32. The molecule has 0 unspecified atom stereocenters. The fraction of sp³-hybridized carbons (Fsp3) is 0.471. The summed E-state index contributed by atoms with van der Waals surface area (Å²) in [7, 11) is 3.52. The highest BCUT2D eigenvalue weighted by Gasteiger charge is 2.26. The molecule has 0 saturated carbocycles. The molecule has 2 aliphatic rings. The quantitative estimate of drug-likeness (QED) is 0.923. The van der Waals surface area contributed by atoms with E-state index in [9.17, 15) is 4.79 Å². The molecular weight excluding hydrogens is 280 g/mol. The first-order valence-electron chi connectivity index (χ1n) is 7.68. The number of carbonyl (C=O) groups is 1. The Balaban J connectivity index is 1.78. The van der Waals surface area contributed by atoms with Gasteiger partial charge >= 0.3 is 0 Å². The van der Waals surface area contributed by atoms with Crippen molar-refractivity contribution in [2.75, 3.05) is 33.9 Å². The van der Waals surface area contributed by atoms with Gasteiger partial charge in [0.25, 0.3) is 5.91 Å². The fourth-order valence-electron chi connectivity index (χ4n) is 2.99. The predicted molar refractivity (Wildman–Crippen MR) is 85.1 cm³/mol. The maximum absolute atomic E-state index is 12.7. The number of likely N-dealkylation sites (N-methyl/N-ethyl adjacent to an activating group) is 1. The molecule has 5 heteroatoms. The Morgan fingerprint density at radius 3 is 2.86 bits per heavy atom. The lowest BCUT2D eigenvalue weighted by atomic mass is 10.0. The number of fused-ring (bicyclic) bond motifs is 1. The number of hydrogen-bond acceptors (Lipinski definition) is 4. The van der Waals surface area contributed by atoms with Crippen LogP contribution in [0.25, 0.3) is 6.08 Å². The summed E-state index contributed by atoms with van der Waals surface area (Å²) < 4.78 is 10.9. The zero-order chi connectivity index (χ0) is 15.5. The number of piperidine rings is 1. The van der Waals surface area contributed by atoms with Crippen LogP contribution in [0.3, 0.4) is 0 Å². The molecule has 1 aromatic carbocycles. The van der Waals surface area contributed by atoms with Crippen LogP contribution in [0.1, 0.15) is 18.4 Å². The van der Waals surface area contributed by atoms with Gasteiger partial charge < -0.3 is 19.7 Å². The molecule has 3 rings (SSSR count). The minimum atomic E-state index is 0.0559. The standard InChI is InChI=1S/C17H22N2O3/c1-19(14-5-7-18-8-6-14)17(20)13-9-12-10-15(21-2)3-4-16(12)22-11-13/h3-4,9-10,14,18H,5-8,11H2,1-2H3. The highest BCUT2D eigenvalue weighted by atomic mass is 16.5. The molecule has 0 aromatic heterocycles. The summed E-state index contributed by atoms with van der Waals surface area (Å²) in [6.07, 6.45) is 3.92. The van der Waals surface area contributed by atoms with E-state index >= 15 is 0 Å². The SMILES string of the molecule is COc1ccc2c(c1)C=C(C(=O)N(C)C1CCNCC1)CO2. The highest BCUT2D eigenvalue weighted by Crippen LogP contribution is 2.30. The lowest BCUT2D eigenvalue weighted by Crippen LogP contribution is -2.45. The Hall–Kier alpha value is -2.01. The van der Waals surface area contributed by atoms with Crippen LogP contribution >= 0.6 is 0 Å². The van der Waals surface area contributed by atoms with Gasteiger partial charge in [-0.2, -0.15) is 0 Å². The average Bonchev–Trinajstić information content (AvgIpc) is 2.60. The maximum atomic E-state index is 12.7. The summed E-state index contributed by atoms with van der Waals surface area (Å²) in [4.78, 5) is 14.5. The first-order chi connectivity index (χ1) is 10.7. The monoisotopic (exact) mass is 302 g/mol. The first-order valence-corrected chi connectivity index (χ1v) is 7.68. The van der Waals surface area contributed by atoms with Gasteiger partial charge in [0.2, 0.25) is 0 Å². The third-order valence-electron chi connectivity index (χ3n) is 4.38. The van der Waals surface area contributed by atoms with Crippen molar-refractivity contribution in [2.45, 2.75) is 18.9 Å². The van der Waals surface area contributed by atoms with Crippen LogP contribution in [0.5, 0.6) is 11.5 Å². The second-order valence-corrected chi connectivity index (χ2v) is 5.76. The predicted octanol–water partition coefficient (Wildman–Crippen LogP) is 1.68. The topological polar surface area (TPSA) is 50.8 Å². The van der Waals surface area contributed by atoms with Crippen molar-refractivity contribution in [2.24, 2.45) is 0 Å². The molecule has 0 atom stereocenters. The molecule has 1 aromatic rings. The Morgan fingerprint density at radius 1 is 1.36 bits per heavy atom. The van der Waals surface area contributed by atoms with E-state index in [1.165, 1.54) is 0 Å². The molecule has 22 heavy (non-hydrogen) atoms. The van der Waals surface area contributed by atoms with E-state index in [2.05, 4.69) is 5.32 Å². The van der Waals surface area contributed by atoms with Gasteiger partial charge in [0.1, 0.15) is 18.1 Å². The molecule has 0 spiro atoms. The van der Waals surface area contributed by atoms with Crippen LogP contribution in [-0.4, -0.2) is 50.7 Å². The Morgan fingerprint density at radius 2 is 2.14 bits per heavy atom. The summed E-state index contributed by atoms with van der Waals surface area (Å²) in [6.45, 7) is 2.27. The van der Waals surface area contributed by atoms with Gasteiger partial charge in [-0.3, -0.25) is 4.79 Å². The van der Waals surface area contributed by atoms with Gasteiger partial charge in [0.15, 0.2) is 0 Å². The van der Waals surface area contributed by atoms with E-state index in [-0.39, 0.29) is 5.91 Å². The molecule has 1 amide bonds. The molecular formula is C17H22N2O3. The normalized spacial score (nSPS) is 18.0. The van der Waals surface area contributed by atoms with E-state index < -0.39 is 0 Å². The Bertz CT molecular complexity index is 592. The summed E-state index contributed by atoms with van der Waals surface area (Å²) in [5.41, 5.74) is 1.59. The van der Waals surface area contributed by atoms with Gasteiger partial charge in [0.05, 0.1) is 12.7 Å². The Labute approximate surface area is 130 Å². The smallest absolute Gasteiger partial charge is 0.253 e. The van der Waals surface area contributed by atoms with Crippen LogP contribution < -0.4 is 14.8 Å². The molecule has 0 radical (unpaired) electrons.